The molecule has 0 radical (unpaired) electrons. The van der Waals surface area contributed by atoms with E-state index in [1.807, 2.05) is 18.2 Å². The van der Waals surface area contributed by atoms with E-state index < -0.39 is 6.10 Å². The van der Waals surface area contributed by atoms with Gasteiger partial charge in [0.1, 0.15) is 0 Å². The second-order valence-corrected chi connectivity index (χ2v) is 5.98. The van der Waals surface area contributed by atoms with Crippen molar-refractivity contribution < 1.29 is 9.90 Å². The number of halogens is 1. The smallest absolute Gasteiger partial charge is 0.258 e. The molecule has 1 aromatic heterocycles. The summed E-state index contributed by atoms with van der Waals surface area (Å²) in [6.45, 7) is 2.29. The van der Waals surface area contributed by atoms with Crippen molar-refractivity contribution in [3.8, 4) is 0 Å². The molecule has 1 N–H and O–H groups in total. The molecule has 4 nitrogen and oxygen atoms in total. The Kier molecular flexibility index (Phi) is 3.83. The second-order valence-electron chi connectivity index (χ2n) is 5.42. The first-order valence-corrected chi connectivity index (χ1v) is 7.50. The molecule has 1 fully saturated rings. The monoisotopic (exact) mass is 304 g/mol. The topological polar surface area (TPSA) is 53.4 Å². The summed E-state index contributed by atoms with van der Waals surface area (Å²) < 4.78 is 0. The largest absolute Gasteiger partial charge is 0.389 e. The lowest BCUT2D eigenvalue weighted by Crippen LogP contribution is -2.39. The molecule has 1 saturated heterocycles. The average Bonchev–Trinajstić information content (AvgIpc) is 2.47. The molecule has 2 heterocycles. The fourth-order valence-corrected chi connectivity index (χ4v) is 2.97. The zero-order valence-electron chi connectivity index (χ0n) is 11.8. The van der Waals surface area contributed by atoms with Crippen molar-refractivity contribution in [1.29, 1.82) is 0 Å². The van der Waals surface area contributed by atoms with Gasteiger partial charge in [0.25, 0.3) is 5.91 Å². The van der Waals surface area contributed by atoms with Crippen LogP contribution in [-0.4, -0.2) is 27.9 Å². The first kappa shape index (κ1) is 14.3. The minimum Gasteiger partial charge on any atom is -0.389 e. The number of aliphatic hydroxyl groups excluding tert-OH is 1. The predicted molar refractivity (Wildman–Crippen MR) is 82.3 cm³/mol. The summed E-state index contributed by atoms with van der Waals surface area (Å²) in [4.78, 5) is 18.5. The molecule has 1 aliphatic heterocycles. The number of hydrogen-bond donors (Lipinski definition) is 1. The average molecular weight is 305 g/mol. The molecule has 1 aromatic rings. The Labute approximate surface area is 128 Å². The number of pyridine rings is 1. The van der Waals surface area contributed by atoms with Crippen LogP contribution in [0.25, 0.3) is 0 Å². The van der Waals surface area contributed by atoms with Crippen molar-refractivity contribution in [2.45, 2.75) is 31.2 Å². The van der Waals surface area contributed by atoms with Crippen LogP contribution in [0.4, 0.5) is 5.69 Å². The molecule has 1 unspecified atom stereocenters. The van der Waals surface area contributed by atoms with E-state index in [0.717, 1.165) is 23.3 Å². The Bertz CT molecular complexity index is 637. The molecule has 2 aliphatic rings. The van der Waals surface area contributed by atoms with Crippen molar-refractivity contribution in [3.63, 3.8) is 0 Å². The van der Waals surface area contributed by atoms with Gasteiger partial charge in [-0.1, -0.05) is 12.2 Å². The summed E-state index contributed by atoms with van der Waals surface area (Å²) in [5, 5.41) is 9.64. The zero-order valence-corrected chi connectivity index (χ0v) is 12.5. The molecule has 2 atom stereocenters. The van der Waals surface area contributed by atoms with Crippen LogP contribution in [0.15, 0.2) is 41.8 Å². The number of aliphatic hydroxyl groups is 1. The molecule has 0 aromatic carbocycles. The highest BCUT2D eigenvalue weighted by Crippen LogP contribution is 2.32. The van der Waals surface area contributed by atoms with E-state index in [1.54, 1.807) is 24.2 Å². The Hall–Kier alpha value is -1.65. The molecule has 1 amide bonds. The molecule has 110 valence electrons. The summed E-state index contributed by atoms with van der Waals surface area (Å²) >= 11 is 6.11. The van der Waals surface area contributed by atoms with Gasteiger partial charge in [-0.2, -0.15) is 0 Å². The summed E-state index contributed by atoms with van der Waals surface area (Å²) in [7, 11) is 0. The van der Waals surface area contributed by atoms with Crippen LogP contribution in [0, 0.1) is 0 Å². The lowest BCUT2D eigenvalue weighted by Gasteiger charge is -2.32. The summed E-state index contributed by atoms with van der Waals surface area (Å²) in [6.07, 6.45) is 8.06. The number of anilines is 1. The van der Waals surface area contributed by atoms with Crippen molar-refractivity contribution in [2.24, 2.45) is 0 Å². The molecule has 0 bridgehead atoms. The SMILES string of the molecule is C[C@H](O)c1cncc(N2CCC3=CC(Cl)CC=C3C2=O)c1. The molecular formula is C16H17ClN2O2. The number of fused-ring (bicyclic) bond motifs is 1. The van der Waals surface area contributed by atoms with Gasteiger partial charge in [-0.25, -0.2) is 0 Å². The standard InChI is InChI=1S/C16H17ClN2O2/c1-10(20)12-7-14(9-18-8-12)19-5-4-11-6-13(17)2-3-15(11)16(19)21/h3,6-10,13,20H,2,4-5H2,1H3/t10-,13?/m0/s1. The number of rotatable bonds is 2. The van der Waals surface area contributed by atoms with Crippen LogP contribution in [0.3, 0.4) is 0 Å². The maximum Gasteiger partial charge on any atom is 0.258 e. The minimum atomic E-state index is -0.598. The van der Waals surface area contributed by atoms with Gasteiger partial charge >= 0.3 is 0 Å². The molecule has 21 heavy (non-hydrogen) atoms. The Morgan fingerprint density at radius 1 is 1.48 bits per heavy atom. The van der Waals surface area contributed by atoms with E-state index in [-0.39, 0.29) is 11.3 Å². The third kappa shape index (κ3) is 2.74. The van der Waals surface area contributed by atoms with Crippen LogP contribution >= 0.6 is 11.6 Å². The number of piperidine rings is 1. The number of aromatic nitrogens is 1. The first-order valence-electron chi connectivity index (χ1n) is 7.06. The van der Waals surface area contributed by atoms with Gasteiger partial charge in [0.2, 0.25) is 0 Å². The quantitative estimate of drug-likeness (QED) is 0.855. The van der Waals surface area contributed by atoms with E-state index in [9.17, 15) is 9.90 Å². The highest BCUT2D eigenvalue weighted by molar-refractivity contribution is 6.22. The Morgan fingerprint density at radius 3 is 3.05 bits per heavy atom. The van der Waals surface area contributed by atoms with Crippen molar-refractivity contribution >= 4 is 23.2 Å². The molecule has 3 rings (SSSR count). The highest BCUT2D eigenvalue weighted by atomic mass is 35.5. The fraction of sp³-hybridized carbons (Fsp3) is 0.375. The van der Waals surface area contributed by atoms with Crippen LogP contribution in [0.1, 0.15) is 31.4 Å². The predicted octanol–water partition coefficient (Wildman–Crippen LogP) is 2.74. The third-order valence-corrected chi connectivity index (χ3v) is 4.20. The second kappa shape index (κ2) is 5.62. The molecule has 0 spiro atoms. The highest BCUT2D eigenvalue weighted by Gasteiger charge is 2.30. The third-order valence-electron chi connectivity index (χ3n) is 3.89. The zero-order chi connectivity index (χ0) is 15.0. The maximum atomic E-state index is 12.6. The van der Waals surface area contributed by atoms with Gasteiger partial charge in [-0.05, 0) is 31.4 Å². The van der Waals surface area contributed by atoms with Gasteiger partial charge in [0.15, 0.2) is 0 Å². The fourth-order valence-electron chi connectivity index (χ4n) is 2.73. The number of allylic oxidation sites excluding steroid dienone is 2. The van der Waals surface area contributed by atoms with Gasteiger partial charge < -0.3 is 10.0 Å². The summed E-state index contributed by atoms with van der Waals surface area (Å²) in [5.41, 5.74) is 3.23. The lowest BCUT2D eigenvalue weighted by atomic mass is 9.90. The van der Waals surface area contributed by atoms with Gasteiger partial charge in [0.05, 0.1) is 23.4 Å². The normalized spacial score (nSPS) is 23.3. The minimum absolute atomic E-state index is 0.0108. The van der Waals surface area contributed by atoms with Crippen molar-refractivity contribution in [3.05, 3.63) is 47.3 Å². The number of hydrogen-bond acceptors (Lipinski definition) is 3. The number of carbonyl (C=O) groups is 1. The number of nitrogens with zero attached hydrogens (tertiary/aromatic N) is 2. The number of amides is 1. The Morgan fingerprint density at radius 2 is 2.29 bits per heavy atom. The van der Waals surface area contributed by atoms with E-state index >= 15 is 0 Å². The maximum absolute atomic E-state index is 12.6. The molecule has 1 aliphatic carbocycles. The van der Waals surface area contributed by atoms with Gasteiger partial charge in [-0.15, -0.1) is 11.6 Å². The van der Waals surface area contributed by atoms with Crippen molar-refractivity contribution in [2.75, 3.05) is 11.4 Å². The van der Waals surface area contributed by atoms with Gasteiger partial charge in [-0.3, -0.25) is 9.78 Å². The lowest BCUT2D eigenvalue weighted by molar-refractivity contribution is -0.115. The van der Waals surface area contributed by atoms with E-state index in [0.29, 0.717) is 18.5 Å². The van der Waals surface area contributed by atoms with E-state index in [4.69, 9.17) is 11.6 Å². The van der Waals surface area contributed by atoms with Gasteiger partial charge in [0, 0.05) is 23.9 Å². The van der Waals surface area contributed by atoms with Crippen molar-refractivity contribution in [1.82, 2.24) is 4.98 Å². The van der Waals surface area contributed by atoms with Crippen LogP contribution in [-0.2, 0) is 4.79 Å². The molecular weight excluding hydrogens is 288 g/mol. The first-order chi connectivity index (χ1) is 10.1. The van der Waals surface area contributed by atoms with Crippen LogP contribution < -0.4 is 4.90 Å². The summed E-state index contributed by atoms with van der Waals surface area (Å²) in [5.74, 6) is -0.0133. The Balaban J connectivity index is 1.90. The van der Waals surface area contributed by atoms with Crippen LogP contribution in [0.2, 0.25) is 0 Å². The van der Waals surface area contributed by atoms with E-state index in [1.165, 1.54) is 0 Å². The number of alkyl halides is 1. The summed E-state index contributed by atoms with van der Waals surface area (Å²) in [6, 6.07) is 1.82. The molecule has 5 heteroatoms. The number of carbonyl (C=O) groups excluding carboxylic acids is 1. The molecule has 0 saturated carbocycles. The van der Waals surface area contributed by atoms with Crippen LogP contribution in [0.5, 0.6) is 0 Å². The van der Waals surface area contributed by atoms with E-state index in [2.05, 4.69) is 4.98 Å².